The van der Waals surface area contributed by atoms with E-state index in [0.717, 1.165) is 12.1 Å². The van der Waals surface area contributed by atoms with E-state index in [2.05, 4.69) is 0 Å². The summed E-state index contributed by atoms with van der Waals surface area (Å²) < 4.78 is 135. The number of rotatable bonds is 7. The minimum atomic E-state index is -5.32. The van der Waals surface area contributed by atoms with E-state index in [1.165, 1.54) is 12.2 Å². The molecule has 0 bridgehead atoms. The van der Waals surface area contributed by atoms with Gasteiger partial charge in [-0.3, -0.25) is 9.59 Å². The number of allylic oxidation sites excluding steroid dienone is 1. The highest BCUT2D eigenvalue weighted by atomic mass is 35.5. The molecule has 1 saturated carbocycles. The summed E-state index contributed by atoms with van der Waals surface area (Å²) in [6.07, 6.45) is -15.5. The minimum absolute atomic E-state index is 0.0401. The molecule has 2 N–H and O–H groups in total. The molecule has 1 aliphatic rings. The third kappa shape index (κ3) is 7.85. The van der Waals surface area contributed by atoms with Crippen molar-refractivity contribution < 1.29 is 53.5 Å². The predicted molar refractivity (Wildman–Crippen MR) is 129 cm³/mol. The Hall–Kier alpha value is -3.00. The molecule has 1 aliphatic carbocycles. The molecule has 1 fully saturated rings. The van der Waals surface area contributed by atoms with Crippen LogP contribution in [0.3, 0.4) is 0 Å². The predicted octanol–water partition coefficient (Wildman–Crippen LogP) is 7.92. The summed E-state index contributed by atoms with van der Waals surface area (Å²) in [5.74, 6) is -7.12. The lowest BCUT2D eigenvalue weighted by Gasteiger charge is -2.20. The van der Waals surface area contributed by atoms with Crippen molar-refractivity contribution in [2.75, 3.05) is 6.54 Å². The number of benzene rings is 2. The lowest BCUT2D eigenvalue weighted by Crippen LogP contribution is -2.51. The first-order valence-electron chi connectivity index (χ1n) is 11.4. The van der Waals surface area contributed by atoms with Crippen LogP contribution < -0.4 is 10.6 Å². The first kappa shape index (κ1) is 32.5. The Morgan fingerprint density at radius 2 is 1.61 bits per heavy atom. The topological polar surface area (TPSA) is 58.2 Å². The number of hydrogen-bond acceptors (Lipinski definition) is 2. The zero-order chi connectivity index (χ0) is 31.1. The Balaban J connectivity index is 1.96. The standard InChI is InChI=1S/C25H18Cl2F10N2O2/c1-11-6-13(8-17(26)19(11)27)15(24(32,33)34)9-18(28)12-2-3-14(16(7-12)25(35,36)37)20(40)39-22(4-5-22)21(41)38-10-23(29,30)31/h2-3,6-9,15H,4-5,10H2,1H3,(H,38,41)(H,39,40)/b18-9-. The average molecular weight is 639 g/mol. The van der Waals surface area contributed by atoms with Crippen LogP contribution in [0, 0.1) is 6.92 Å². The van der Waals surface area contributed by atoms with Gasteiger partial charge < -0.3 is 10.6 Å². The van der Waals surface area contributed by atoms with Crippen LogP contribution in [0.1, 0.15) is 51.4 Å². The van der Waals surface area contributed by atoms with Crippen LogP contribution in [0.5, 0.6) is 0 Å². The van der Waals surface area contributed by atoms with Gasteiger partial charge in [-0.2, -0.15) is 39.5 Å². The smallest absolute Gasteiger partial charge is 0.345 e. The molecule has 2 aromatic rings. The molecule has 2 aromatic carbocycles. The van der Waals surface area contributed by atoms with Crippen molar-refractivity contribution in [1.29, 1.82) is 0 Å². The summed E-state index contributed by atoms with van der Waals surface area (Å²) in [6.45, 7) is -0.394. The van der Waals surface area contributed by atoms with Crippen LogP contribution in [0.4, 0.5) is 43.9 Å². The summed E-state index contributed by atoms with van der Waals surface area (Å²) in [6, 6.07) is 3.04. The largest absolute Gasteiger partial charge is 0.417 e. The highest BCUT2D eigenvalue weighted by Gasteiger charge is 2.52. The quantitative estimate of drug-likeness (QED) is 0.303. The van der Waals surface area contributed by atoms with Crippen LogP contribution >= 0.6 is 23.2 Å². The van der Waals surface area contributed by atoms with Crippen molar-refractivity contribution in [3.05, 3.63) is 74.3 Å². The molecule has 0 radical (unpaired) electrons. The fraction of sp³-hybridized carbons (Fsp3) is 0.360. The Bertz CT molecular complexity index is 1360. The lowest BCUT2D eigenvalue weighted by atomic mass is 9.94. The second-order valence-corrected chi connectivity index (χ2v) is 10.0. The Labute approximate surface area is 235 Å². The van der Waals surface area contributed by atoms with Crippen molar-refractivity contribution in [2.24, 2.45) is 0 Å². The van der Waals surface area contributed by atoms with Crippen molar-refractivity contribution >= 4 is 40.8 Å². The summed E-state index contributed by atoms with van der Waals surface area (Å²) in [5.41, 5.74) is -6.12. The van der Waals surface area contributed by atoms with E-state index >= 15 is 4.39 Å². The number of aryl methyl sites for hydroxylation is 1. The number of carbonyl (C=O) groups is 2. The Morgan fingerprint density at radius 3 is 2.10 bits per heavy atom. The molecule has 3 rings (SSSR count). The lowest BCUT2D eigenvalue weighted by molar-refractivity contribution is -0.140. The number of nitrogens with one attached hydrogen (secondary N) is 2. The zero-order valence-electron chi connectivity index (χ0n) is 20.5. The average Bonchev–Trinajstić information content (AvgIpc) is 3.62. The zero-order valence-corrected chi connectivity index (χ0v) is 22.0. The minimum Gasteiger partial charge on any atom is -0.345 e. The molecule has 0 spiro atoms. The fourth-order valence-corrected chi connectivity index (χ4v) is 4.23. The van der Waals surface area contributed by atoms with E-state index in [1.54, 1.807) is 0 Å². The normalized spacial score (nSPS) is 16.3. The summed E-state index contributed by atoms with van der Waals surface area (Å²) in [4.78, 5) is 24.8. The number of amides is 2. The van der Waals surface area contributed by atoms with Gasteiger partial charge in [0.25, 0.3) is 5.91 Å². The van der Waals surface area contributed by atoms with Gasteiger partial charge in [0, 0.05) is 5.56 Å². The molecule has 0 aliphatic heterocycles. The van der Waals surface area contributed by atoms with Gasteiger partial charge in [-0.25, -0.2) is 4.39 Å². The molecule has 224 valence electrons. The Morgan fingerprint density at radius 1 is 1.00 bits per heavy atom. The molecule has 0 heterocycles. The van der Waals surface area contributed by atoms with Crippen molar-refractivity contribution in [3.63, 3.8) is 0 Å². The third-order valence-corrected chi connectivity index (χ3v) is 6.99. The molecule has 16 heteroatoms. The first-order chi connectivity index (χ1) is 18.6. The van der Waals surface area contributed by atoms with Gasteiger partial charge in [-0.1, -0.05) is 35.3 Å². The molecular formula is C25H18Cl2F10N2O2. The molecular weight excluding hydrogens is 621 g/mol. The van der Waals surface area contributed by atoms with Gasteiger partial charge in [-0.15, -0.1) is 0 Å². The van der Waals surface area contributed by atoms with Gasteiger partial charge >= 0.3 is 18.5 Å². The van der Waals surface area contributed by atoms with Gasteiger partial charge in [0.15, 0.2) is 0 Å². The van der Waals surface area contributed by atoms with Gasteiger partial charge in [0.05, 0.1) is 21.2 Å². The van der Waals surface area contributed by atoms with Crippen molar-refractivity contribution in [1.82, 2.24) is 10.6 Å². The molecule has 41 heavy (non-hydrogen) atoms. The van der Waals surface area contributed by atoms with Crippen LogP contribution in [-0.2, 0) is 11.0 Å². The van der Waals surface area contributed by atoms with Crippen LogP contribution in [0.2, 0.25) is 10.0 Å². The van der Waals surface area contributed by atoms with E-state index in [9.17, 15) is 49.1 Å². The number of carbonyl (C=O) groups excluding carboxylic acids is 2. The number of halogens is 12. The van der Waals surface area contributed by atoms with Crippen LogP contribution in [0.25, 0.3) is 5.83 Å². The highest BCUT2D eigenvalue weighted by Crippen LogP contribution is 2.42. The van der Waals surface area contributed by atoms with E-state index < -0.39 is 76.4 Å². The van der Waals surface area contributed by atoms with E-state index in [1.807, 2.05) is 5.32 Å². The maximum absolute atomic E-state index is 15.0. The molecule has 1 unspecified atom stereocenters. The van der Waals surface area contributed by atoms with Gasteiger partial charge in [0.1, 0.15) is 23.8 Å². The second kappa shape index (κ2) is 11.3. The van der Waals surface area contributed by atoms with Crippen LogP contribution in [-0.4, -0.2) is 36.3 Å². The van der Waals surface area contributed by atoms with Crippen molar-refractivity contribution in [2.45, 2.75) is 49.8 Å². The maximum Gasteiger partial charge on any atom is 0.417 e. The third-order valence-electron chi connectivity index (χ3n) is 6.09. The molecule has 0 aromatic heterocycles. The van der Waals surface area contributed by atoms with E-state index in [-0.39, 0.29) is 40.6 Å². The number of hydrogen-bond donors (Lipinski definition) is 2. The molecule has 1 atom stereocenters. The molecule has 0 saturated heterocycles. The summed E-state index contributed by atoms with van der Waals surface area (Å²) in [5, 5.41) is 3.20. The first-order valence-corrected chi connectivity index (χ1v) is 12.2. The SMILES string of the molecule is Cc1cc(C(/C=C(\F)c2ccc(C(=O)NC3(C(=O)NCC(F)(F)F)CC3)c(C(F)(F)F)c2)C(F)(F)F)cc(Cl)c1Cl. The monoisotopic (exact) mass is 638 g/mol. The van der Waals surface area contributed by atoms with E-state index in [0.29, 0.717) is 12.1 Å². The van der Waals surface area contributed by atoms with Gasteiger partial charge in [-0.05, 0) is 55.2 Å². The van der Waals surface area contributed by atoms with Gasteiger partial charge in [0.2, 0.25) is 5.91 Å². The summed E-state index contributed by atoms with van der Waals surface area (Å²) in [7, 11) is 0. The van der Waals surface area contributed by atoms with Crippen LogP contribution in [0.15, 0.2) is 36.4 Å². The Kier molecular flexibility index (Phi) is 9.00. The fourth-order valence-electron chi connectivity index (χ4n) is 3.85. The maximum atomic E-state index is 15.0. The second-order valence-electron chi connectivity index (χ2n) is 9.26. The molecule has 2 amide bonds. The number of alkyl halides is 9. The molecule has 4 nitrogen and oxygen atoms in total. The summed E-state index contributed by atoms with van der Waals surface area (Å²) >= 11 is 11.7. The highest BCUT2D eigenvalue weighted by molar-refractivity contribution is 6.42. The van der Waals surface area contributed by atoms with E-state index in [4.69, 9.17) is 23.2 Å². The van der Waals surface area contributed by atoms with Crippen molar-refractivity contribution in [3.8, 4) is 0 Å².